The number of anilines is 2. The quantitative estimate of drug-likeness (QED) is 0.872. The van der Waals surface area contributed by atoms with Gasteiger partial charge >= 0.3 is 6.18 Å². The van der Waals surface area contributed by atoms with Crippen LogP contribution in [0.3, 0.4) is 0 Å². The summed E-state index contributed by atoms with van der Waals surface area (Å²) in [4.78, 5) is 31.5. The van der Waals surface area contributed by atoms with E-state index in [2.05, 4.69) is 10.3 Å². The average molecular weight is 392 g/mol. The monoisotopic (exact) mass is 392 g/mol. The second-order valence-electron chi connectivity index (χ2n) is 6.43. The lowest BCUT2D eigenvalue weighted by Crippen LogP contribution is -2.50. The summed E-state index contributed by atoms with van der Waals surface area (Å²) in [5, 5.41) is 2.90. The highest BCUT2D eigenvalue weighted by atomic mass is 19.4. The summed E-state index contributed by atoms with van der Waals surface area (Å²) < 4.78 is 37.9. The molecule has 1 N–H and O–H groups in total. The van der Waals surface area contributed by atoms with Crippen LogP contribution in [-0.4, -0.2) is 52.8 Å². The minimum atomic E-state index is -4.39. The van der Waals surface area contributed by atoms with Gasteiger partial charge in [-0.25, -0.2) is 4.98 Å². The van der Waals surface area contributed by atoms with Crippen LogP contribution in [0.4, 0.5) is 24.7 Å². The number of amides is 2. The van der Waals surface area contributed by atoms with Gasteiger partial charge < -0.3 is 15.1 Å². The predicted octanol–water partition coefficient (Wildman–Crippen LogP) is 3.15. The van der Waals surface area contributed by atoms with Gasteiger partial charge in [-0.1, -0.05) is 0 Å². The van der Waals surface area contributed by atoms with Gasteiger partial charge in [0.1, 0.15) is 5.82 Å². The van der Waals surface area contributed by atoms with Gasteiger partial charge in [0, 0.05) is 50.6 Å². The highest BCUT2D eigenvalue weighted by Gasteiger charge is 2.30. The fourth-order valence-electron chi connectivity index (χ4n) is 2.93. The zero-order valence-electron chi connectivity index (χ0n) is 15.2. The first-order chi connectivity index (χ1) is 13.2. The number of hydrogen-bond donors (Lipinski definition) is 1. The van der Waals surface area contributed by atoms with Crippen LogP contribution >= 0.6 is 0 Å². The molecule has 0 saturated carbocycles. The summed E-state index contributed by atoms with van der Waals surface area (Å²) in [6.45, 7) is 3.37. The fraction of sp³-hybridized carbons (Fsp3) is 0.316. The Morgan fingerprint density at radius 1 is 1.00 bits per heavy atom. The first-order valence-corrected chi connectivity index (χ1v) is 8.69. The molecule has 0 aliphatic carbocycles. The van der Waals surface area contributed by atoms with Crippen molar-refractivity contribution in [3.8, 4) is 0 Å². The van der Waals surface area contributed by atoms with Crippen LogP contribution in [0.2, 0.25) is 0 Å². The summed E-state index contributed by atoms with van der Waals surface area (Å²) in [5.41, 5.74) is 0.112. The van der Waals surface area contributed by atoms with Crippen molar-refractivity contribution in [2.45, 2.75) is 13.1 Å². The van der Waals surface area contributed by atoms with E-state index in [0.717, 1.165) is 12.1 Å². The summed E-state index contributed by atoms with van der Waals surface area (Å²) in [7, 11) is 0. The van der Waals surface area contributed by atoms with Crippen LogP contribution in [-0.2, 0) is 11.0 Å². The van der Waals surface area contributed by atoms with Crippen molar-refractivity contribution in [2.24, 2.45) is 0 Å². The number of rotatable bonds is 3. The molecule has 2 heterocycles. The first-order valence-electron chi connectivity index (χ1n) is 8.69. The van der Waals surface area contributed by atoms with Crippen LogP contribution < -0.4 is 5.32 Å². The normalized spacial score (nSPS) is 14.7. The molecule has 1 aliphatic rings. The summed E-state index contributed by atoms with van der Waals surface area (Å²) in [5.74, 6) is 0.160. The molecule has 1 fully saturated rings. The molecule has 1 aromatic carbocycles. The smallest absolute Gasteiger partial charge is 0.340 e. The molecule has 3 rings (SSSR count). The number of piperazine rings is 1. The first kappa shape index (κ1) is 19.7. The fourth-order valence-corrected chi connectivity index (χ4v) is 2.93. The molecular weight excluding hydrogens is 373 g/mol. The summed E-state index contributed by atoms with van der Waals surface area (Å²) >= 11 is 0. The van der Waals surface area contributed by atoms with Gasteiger partial charge in [0.15, 0.2) is 0 Å². The molecule has 9 heteroatoms. The van der Waals surface area contributed by atoms with Crippen molar-refractivity contribution >= 4 is 23.3 Å². The molecule has 1 saturated heterocycles. The average Bonchev–Trinajstić information content (AvgIpc) is 2.67. The predicted molar refractivity (Wildman–Crippen MR) is 97.1 cm³/mol. The molecule has 2 amide bonds. The minimum Gasteiger partial charge on any atom is -0.340 e. The Labute approximate surface area is 160 Å². The molecule has 0 bridgehead atoms. The number of carbonyl (C=O) groups is 2. The van der Waals surface area contributed by atoms with Crippen LogP contribution in [0.25, 0.3) is 0 Å². The Balaban J connectivity index is 1.67. The molecular formula is C19H19F3N4O2. The third kappa shape index (κ3) is 4.59. The van der Waals surface area contributed by atoms with E-state index < -0.39 is 11.7 Å². The Kier molecular flexibility index (Phi) is 5.53. The van der Waals surface area contributed by atoms with Crippen molar-refractivity contribution in [3.05, 3.63) is 53.7 Å². The molecule has 0 radical (unpaired) electrons. The van der Waals surface area contributed by atoms with Crippen molar-refractivity contribution in [1.29, 1.82) is 0 Å². The van der Waals surface area contributed by atoms with Crippen LogP contribution in [0.5, 0.6) is 0 Å². The molecule has 6 nitrogen and oxygen atoms in total. The molecule has 0 unspecified atom stereocenters. The summed E-state index contributed by atoms with van der Waals surface area (Å²) in [6, 6.07) is 7.70. The van der Waals surface area contributed by atoms with E-state index in [1.54, 1.807) is 21.9 Å². The van der Waals surface area contributed by atoms with E-state index in [4.69, 9.17) is 0 Å². The number of aromatic nitrogens is 1. The lowest BCUT2D eigenvalue weighted by molar-refractivity contribution is -0.137. The van der Waals surface area contributed by atoms with E-state index in [1.165, 1.54) is 25.3 Å². The molecule has 1 aromatic heterocycles. The Hall–Kier alpha value is -3.10. The van der Waals surface area contributed by atoms with Crippen molar-refractivity contribution in [1.82, 2.24) is 14.8 Å². The SMILES string of the molecule is CC(=O)N1CCN(C(=O)c2ccnc(Nc3ccc(C(F)(F)F)cc3)c2)CC1. The van der Waals surface area contributed by atoms with Crippen LogP contribution in [0.15, 0.2) is 42.6 Å². The summed E-state index contributed by atoms with van der Waals surface area (Å²) in [6.07, 6.45) is -2.93. The van der Waals surface area contributed by atoms with E-state index in [9.17, 15) is 22.8 Å². The lowest BCUT2D eigenvalue weighted by Gasteiger charge is -2.34. The highest BCUT2D eigenvalue weighted by molar-refractivity contribution is 5.95. The third-order valence-corrected chi connectivity index (χ3v) is 4.50. The largest absolute Gasteiger partial charge is 0.416 e. The number of alkyl halides is 3. The lowest BCUT2D eigenvalue weighted by atomic mass is 10.2. The van der Waals surface area contributed by atoms with Crippen molar-refractivity contribution in [3.63, 3.8) is 0 Å². The highest BCUT2D eigenvalue weighted by Crippen LogP contribution is 2.30. The second-order valence-corrected chi connectivity index (χ2v) is 6.43. The van der Waals surface area contributed by atoms with E-state index in [0.29, 0.717) is 43.2 Å². The van der Waals surface area contributed by atoms with E-state index in [-0.39, 0.29) is 11.8 Å². The maximum absolute atomic E-state index is 12.7. The number of benzene rings is 1. The molecule has 0 atom stereocenters. The molecule has 148 valence electrons. The van der Waals surface area contributed by atoms with E-state index in [1.807, 2.05) is 0 Å². The molecule has 1 aliphatic heterocycles. The van der Waals surface area contributed by atoms with Gasteiger partial charge in [-0.3, -0.25) is 9.59 Å². The maximum atomic E-state index is 12.7. The number of nitrogens with one attached hydrogen (secondary N) is 1. The number of hydrogen-bond acceptors (Lipinski definition) is 4. The van der Waals surface area contributed by atoms with Gasteiger partial charge in [-0.2, -0.15) is 13.2 Å². The Morgan fingerprint density at radius 3 is 2.18 bits per heavy atom. The van der Waals surface area contributed by atoms with Gasteiger partial charge in [0.25, 0.3) is 5.91 Å². The van der Waals surface area contributed by atoms with Crippen molar-refractivity contribution < 1.29 is 22.8 Å². The Bertz CT molecular complexity index is 860. The second kappa shape index (κ2) is 7.87. The van der Waals surface area contributed by atoms with Gasteiger partial charge in [-0.05, 0) is 36.4 Å². The van der Waals surface area contributed by atoms with Gasteiger partial charge in [0.05, 0.1) is 5.56 Å². The number of halogens is 3. The maximum Gasteiger partial charge on any atom is 0.416 e. The third-order valence-electron chi connectivity index (χ3n) is 4.50. The van der Waals surface area contributed by atoms with Gasteiger partial charge in [-0.15, -0.1) is 0 Å². The molecule has 2 aromatic rings. The van der Waals surface area contributed by atoms with E-state index >= 15 is 0 Å². The van der Waals surface area contributed by atoms with Crippen molar-refractivity contribution in [2.75, 3.05) is 31.5 Å². The minimum absolute atomic E-state index is 0.0148. The standard InChI is InChI=1S/C19H19F3N4O2/c1-13(27)25-8-10-26(11-9-25)18(28)14-6-7-23-17(12-14)24-16-4-2-15(3-5-16)19(20,21)22/h2-7,12H,8-11H2,1H3,(H,23,24). The van der Waals surface area contributed by atoms with Gasteiger partial charge in [0.2, 0.25) is 5.91 Å². The molecule has 28 heavy (non-hydrogen) atoms. The zero-order chi connectivity index (χ0) is 20.3. The zero-order valence-corrected chi connectivity index (χ0v) is 15.2. The Morgan fingerprint density at radius 2 is 1.61 bits per heavy atom. The number of pyridine rings is 1. The number of nitrogens with zero attached hydrogens (tertiary/aromatic N) is 3. The topological polar surface area (TPSA) is 65.5 Å². The molecule has 0 spiro atoms. The van der Waals surface area contributed by atoms with Crippen LogP contribution in [0, 0.1) is 0 Å². The van der Waals surface area contributed by atoms with Crippen LogP contribution in [0.1, 0.15) is 22.8 Å². The number of carbonyl (C=O) groups excluding carboxylic acids is 2.